The van der Waals surface area contributed by atoms with Crippen LogP contribution in [0.15, 0.2) is 18.2 Å². The van der Waals surface area contributed by atoms with Gasteiger partial charge in [0.2, 0.25) is 5.91 Å². The zero-order valence-electron chi connectivity index (χ0n) is 14.4. The number of nitrogens with one attached hydrogen (secondary N) is 2. The summed E-state index contributed by atoms with van der Waals surface area (Å²) in [6.07, 6.45) is 1.70. The molecule has 9 heteroatoms. The second kappa shape index (κ2) is 11.0. The molecule has 26 heavy (non-hydrogen) atoms. The summed E-state index contributed by atoms with van der Waals surface area (Å²) < 4.78 is 31.5. The van der Waals surface area contributed by atoms with Crippen molar-refractivity contribution in [1.82, 2.24) is 15.5 Å². The third-order valence-electron chi connectivity index (χ3n) is 4.56. The fourth-order valence-corrected chi connectivity index (χ4v) is 3.17. The third kappa shape index (κ3) is 6.32. The van der Waals surface area contributed by atoms with E-state index in [0.29, 0.717) is 26.3 Å². The van der Waals surface area contributed by atoms with E-state index in [1.54, 1.807) is 6.07 Å². The lowest BCUT2D eigenvalue weighted by molar-refractivity contribution is -0.126. The van der Waals surface area contributed by atoms with Crippen LogP contribution in [0.2, 0.25) is 0 Å². The molecule has 1 aromatic rings. The number of benzene rings is 1. The number of piperidine rings is 1. The topological polar surface area (TPSA) is 53.6 Å². The van der Waals surface area contributed by atoms with Gasteiger partial charge in [-0.05, 0) is 30.5 Å². The smallest absolute Gasteiger partial charge is 0.239 e. The molecule has 2 N–H and O–H groups in total. The molecular formula is C17H25Cl2F2N3O2. The molecule has 2 aliphatic rings. The van der Waals surface area contributed by atoms with Gasteiger partial charge in [0.05, 0.1) is 13.2 Å². The summed E-state index contributed by atoms with van der Waals surface area (Å²) in [6, 6.07) is 3.91. The highest BCUT2D eigenvalue weighted by Gasteiger charge is 2.26. The molecule has 148 valence electrons. The molecule has 2 heterocycles. The molecule has 0 aromatic heterocycles. The summed E-state index contributed by atoms with van der Waals surface area (Å²) in [4.78, 5) is 14.4. The number of carbonyl (C=O) groups excluding carboxylic acids is 1. The van der Waals surface area contributed by atoms with Gasteiger partial charge in [0, 0.05) is 32.2 Å². The van der Waals surface area contributed by atoms with Crippen molar-refractivity contribution in [1.29, 1.82) is 0 Å². The fourth-order valence-electron chi connectivity index (χ4n) is 3.17. The summed E-state index contributed by atoms with van der Waals surface area (Å²) >= 11 is 0. The zero-order chi connectivity index (χ0) is 16.9. The Bertz CT molecular complexity index is 581. The molecule has 0 aliphatic carbocycles. The first kappa shape index (κ1) is 23.0. The van der Waals surface area contributed by atoms with Crippen LogP contribution in [0.4, 0.5) is 8.78 Å². The highest BCUT2D eigenvalue weighted by Crippen LogP contribution is 2.16. The molecule has 1 atom stereocenters. The summed E-state index contributed by atoms with van der Waals surface area (Å²) in [5.74, 6) is -1.63. The Morgan fingerprint density at radius 2 is 1.96 bits per heavy atom. The van der Waals surface area contributed by atoms with Gasteiger partial charge in [-0.3, -0.25) is 9.69 Å². The van der Waals surface area contributed by atoms with Gasteiger partial charge in [0.15, 0.2) is 11.6 Å². The second-order valence-electron chi connectivity index (χ2n) is 6.39. The third-order valence-corrected chi connectivity index (χ3v) is 4.56. The number of amides is 1. The van der Waals surface area contributed by atoms with Gasteiger partial charge in [-0.1, -0.05) is 6.07 Å². The Hall–Kier alpha value is -0.990. The maximum atomic E-state index is 13.3. The standard InChI is InChI=1S/C17H23F2N3O2.2ClH/c18-14-2-1-12(9-15(14)19)10-22-6-3-13(4-7-22)21-17(23)16-11-24-8-5-20-16;;/h1-2,9,13,16,20H,3-8,10-11H2,(H,21,23);2*1H. The van der Waals surface area contributed by atoms with Crippen LogP contribution in [0.3, 0.4) is 0 Å². The first-order chi connectivity index (χ1) is 11.6. The van der Waals surface area contributed by atoms with Crippen LogP contribution in [0.25, 0.3) is 0 Å². The van der Waals surface area contributed by atoms with E-state index < -0.39 is 11.6 Å². The van der Waals surface area contributed by atoms with Crippen molar-refractivity contribution in [2.75, 3.05) is 32.8 Å². The van der Waals surface area contributed by atoms with Gasteiger partial charge in [-0.15, -0.1) is 24.8 Å². The molecule has 5 nitrogen and oxygen atoms in total. The zero-order valence-corrected chi connectivity index (χ0v) is 16.0. The first-order valence-corrected chi connectivity index (χ1v) is 8.39. The van der Waals surface area contributed by atoms with Gasteiger partial charge in [0.1, 0.15) is 6.04 Å². The molecular weight excluding hydrogens is 387 g/mol. The Balaban J connectivity index is 0.00000169. The summed E-state index contributed by atoms with van der Waals surface area (Å²) in [7, 11) is 0. The Morgan fingerprint density at radius 1 is 1.23 bits per heavy atom. The fraction of sp³-hybridized carbons (Fsp3) is 0.588. The van der Waals surface area contributed by atoms with Crippen LogP contribution in [0.5, 0.6) is 0 Å². The molecule has 2 saturated heterocycles. The van der Waals surface area contributed by atoms with Gasteiger partial charge in [-0.25, -0.2) is 8.78 Å². The number of morpholine rings is 1. The van der Waals surface area contributed by atoms with Gasteiger partial charge in [-0.2, -0.15) is 0 Å². The molecule has 1 aromatic carbocycles. The van der Waals surface area contributed by atoms with E-state index in [1.807, 2.05) is 0 Å². The number of ether oxygens (including phenoxy) is 1. The number of halogens is 4. The molecule has 0 spiro atoms. The molecule has 0 saturated carbocycles. The van der Waals surface area contributed by atoms with Gasteiger partial charge >= 0.3 is 0 Å². The number of rotatable bonds is 4. The highest BCUT2D eigenvalue weighted by atomic mass is 35.5. The van der Waals surface area contributed by atoms with E-state index in [9.17, 15) is 13.6 Å². The quantitative estimate of drug-likeness (QED) is 0.793. The maximum Gasteiger partial charge on any atom is 0.239 e. The Kier molecular flexibility index (Phi) is 9.74. The molecule has 1 amide bonds. The number of nitrogens with zero attached hydrogens (tertiary/aromatic N) is 1. The van der Waals surface area contributed by atoms with E-state index in [1.165, 1.54) is 6.07 Å². The van der Waals surface area contributed by atoms with Crippen LogP contribution < -0.4 is 10.6 Å². The second-order valence-corrected chi connectivity index (χ2v) is 6.39. The predicted molar refractivity (Wildman–Crippen MR) is 99.9 cm³/mol. The lowest BCUT2D eigenvalue weighted by atomic mass is 10.0. The van der Waals surface area contributed by atoms with Crippen LogP contribution in [-0.2, 0) is 16.1 Å². The molecule has 3 rings (SSSR count). The Labute approximate surface area is 164 Å². The first-order valence-electron chi connectivity index (χ1n) is 8.39. The minimum atomic E-state index is -0.819. The van der Waals surface area contributed by atoms with E-state index in [0.717, 1.165) is 37.6 Å². The lowest BCUT2D eigenvalue weighted by Gasteiger charge is -2.33. The normalized spacial score (nSPS) is 21.4. The SMILES string of the molecule is Cl.Cl.O=C(NC1CCN(Cc2ccc(F)c(F)c2)CC1)C1COCCN1. The van der Waals surface area contributed by atoms with Crippen molar-refractivity contribution in [3.63, 3.8) is 0 Å². The Morgan fingerprint density at radius 3 is 2.58 bits per heavy atom. The van der Waals surface area contributed by atoms with Gasteiger partial charge < -0.3 is 15.4 Å². The number of likely N-dealkylation sites (tertiary alicyclic amines) is 1. The van der Waals surface area contributed by atoms with Crippen molar-refractivity contribution in [2.45, 2.75) is 31.5 Å². The van der Waals surface area contributed by atoms with Crippen molar-refractivity contribution < 1.29 is 18.3 Å². The summed E-state index contributed by atoms with van der Waals surface area (Å²) in [5, 5.41) is 6.22. The largest absolute Gasteiger partial charge is 0.378 e. The van der Waals surface area contributed by atoms with E-state index in [2.05, 4.69) is 15.5 Å². The average molecular weight is 412 g/mol. The number of carbonyl (C=O) groups is 1. The molecule has 1 unspecified atom stereocenters. The highest BCUT2D eigenvalue weighted by molar-refractivity contribution is 5.85. The van der Waals surface area contributed by atoms with Crippen LogP contribution in [0.1, 0.15) is 18.4 Å². The minimum absolute atomic E-state index is 0. The van der Waals surface area contributed by atoms with E-state index in [-0.39, 0.29) is 42.8 Å². The number of hydrogen-bond acceptors (Lipinski definition) is 4. The minimum Gasteiger partial charge on any atom is -0.378 e. The molecule has 2 fully saturated rings. The summed E-state index contributed by atoms with van der Waals surface area (Å²) in [5.41, 5.74) is 0.764. The van der Waals surface area contributed by atoms with Crippen LogP contribution >= 0.6 is 24.8 Å². The molecule has 0 bridgehead atoms. The van der Waals surface area contributed by atoms with E-state index >= 15 is 0 Å². The van der Waals surface area contributed by atoms with E-state index in [4.69, 9.17) is 4.74 Å². The molecule has 2 aliphatic heterocycles. The van der Waals surface area contributed by atoms with Crippen molar-refractivity contribution in [2.24, 2.45) is 0 Å². The van der Waals surface area contributed by atoms with Crippen LogP contribution in [0, 0.1) is 11.6 Å². The maximum absolute atomic E-state index is 13.3. The molecule has 0 radical (unpaired) electrons. The van der Waals surface area contributed by atoms with Crippen molar-refractivity contribution in [3.8, 4) is 0 Å². The number of hydrogen-bond donors (Lipinski definition) is 2. The van der Waals surface area contributed by atoms with Gasteiger partial charge in [0.25, 0.3) is 0 Å². The van der Waals surface area contributed by atoms with Crippen LogP contribution in [-0.4, -0.2) is 55.7 Å². The lowest BCUT2D eigenvalue weighted by Crippen LogP contribution is -2.54. The monoisotopic (exact) mass is 411 g/mol. The average Bonchev–Trinajstić information content (AvgIpc) is 2.61. The summed E-state index contributed by atoms with van der Waals surface area (Å²) in [6.45, 7) is 3.99. The van der Waals surface area contributed by atoms with Crippen molar-refractivity contribution >= 4 is 30.7 Å². The predicted octanol–water partition coefficient (Wildman–Crippen LogP) is 1.88. The van der Waals surface area contributed by atoms with Crippen molar-refractivity contribution in [3.05, 3.63) is 35.4 Å².